The second kappa shape index (κ2) is 5.18. The first-order valence-corrected chi connectivity index (χ1v) is 6.68. The third kappa shape index (κ3) is 3.06. The zero-order chi connectivity index (χ0) is 12.4. The molecule has 4 nitrogen and oxygen atoms in total. The summed E-state index contributed by atoms with van der Waals surface area (Å²) in [5.74, 6) is 0.375. The fraction of sp³-hybridized carbons (Fsp3) is 0.0909. The molecule has 1 N–H and O–H groups in total. The van der Waals surface area contributed by atoms with Gasteiger partial charge in [0.1, 0.15) is 11.5 Å². The van der Waals surface area contributed by atoms with Crippen molar-refractivity contribution in [1.82, 2.24) is 9.55 Å². The van der Waals surface area contributed by atoms with Gasteiger partial charge in [0.15, 0.2) is 0 Å². The van der Waals surface area contributed by atoms with Crippen molar-refractivity contribution in [2.75, 3.05) is 5.32 Å². The summed E-state index contributed by atoms with van der Waals surface area (Å²) in [6.45, 7) is 0. The number of rotatable bonds is 2. The Hall–Kier alpha value is -0.890. The SMILES string of the molecule is Cn1cc(Br)cc1C(=O)Nc1ccc(I)cn1. The lowest BCUT2D eigenvalue weighted by atomic mass is 10.4. The second-order valence-corrected chi connectivity index (χ2v) is 5.63. The number of aromatic nitrogens is 2. The van der Waals surface area contributed by atoms with E-state index >= 15 is 0 Å². The van der Waals surface area contributed by atoms with Crippen LogP contribution in [0, 0.1) is 3.57 Å². The zero-order valence-corrected chi connectivity index (χ0v) is 12.7. The van der Waals surface area contributed by atoms with Gasteiger partial charge in [-0.15, -0.1) is 0 Å². The quantitative estimate of drug-likeness (QED) is 0.780. The van der Waals surface area contributed by atoms with Crippen LogP contribution in [0.25, 0.3) is 0 Å². The van der Waals surface area contributed by atoms with E-state index in [1.54, 1.807) is 22.9 Å². The van der Waals surface area contributed by atoms with E-state index in [1.165, 1.54) is 0 Å². The van der Waals surface area contributed by atoms with Crippen LogP contribution in [0.4, 0.5) is 5.82 Å². The molecule has 0 fully saturated rings. The molecular weight excluding hydrogens is 397 g/mol. The van der Waals surface area contributed by atoms with Crippen LogP contribution in [0.2, 0.25) is 0 Å². The number of carbonyl (C=O) groups excluding carboxylic acids is 1. The summed E-state index contributed by atoms with van der Waals surface area (Å²) in [5, 5.41) is 2.74. The first kappa shape index (κ1) is 12.6. The number of amides is 1. The van der Waals surface area contributed by atoms with Gasteiger partial charge in [0.2, 0.25) is 0 Å². The highest BCUT2D eigenvalue weighted by Crippen LogP contribution is 2.15. The maximum absolute atomic E-state index is 11.9. The smallest absolute Gasteiger partial charge is 0.273 e. The Morgan fingerprint density at radius 3 is 2.82 bits per heavy atom. The predicted molar refractivity (Wildman–Crippen MR) is 78.0 cm³/mol. The standard InChI is InChI=1S/C11H9BrIN3O/c1-16-6-7(12)4-9(16)11(17)15-10-3-2-8(13)5-14-10/h2-6H,1H3,(H,14,15,17). The zero-order valence-electron chi connectivity index (χ0n) is 8.95. The molecule has 17 heavy (non-hydrogen) atoms. The molecule has 0 unspecified atom stereocenters. The maximum atomic E-state index is 11.9. The lowest BCUT2D eigenvalue weighted by Crippen LogP contribution is -2.16. The van der Waals surface area contributed by atoms with E-state index in [0.717, 1.165) is 8.04 Å². The van der Waals surface area contributed by atoms with Crippen molar-refractivity contribution in [3.8, 4) is 0 Å². The van der Waals surface area contributed by atoms with E-state index in [1.807, 2.05) is 19.3 Å². The summed E-state index contributed by atoms with van der Waals surface area (Å²) in [7, 11) is 1.82. The molecule has 0 saturated heterocycles. The molecule has 0 spiro atoms. The summed E-state index contributed by atoms with van der Waals surface area (Å²) >= 11 is 5.49. The third-order valence-corrected chi connectivity index (χ3v) is 3.24. The van der Waals surface area contributed by atoms with Gasteiger partial charge in [-0.3, -0.25) is 4.79 Å². The molecule has 2 aromatic heterocycles. The minimum Gasteiger partial charge on any atom is -0.345 e. The topological polar surface area (TPSA) is 46.9 Å². The van der Waals surface area contributed by atoms with Crippen molar-refractivity contribution in [2.24, 2.45) is 7.05 Å². The summed E-state index contributed by atoms with van der Waals surface area (Å²) < 4.78 is 3.66. The van der Waals surface area contributed by atoms with Crippen LogP contribution < -0.4 is 5.32 Å². The Kier molecular flexibility index (Phi) is 3.82. The van der Waals surface area contributed by atoms with Crippen LogP contribution in [-0.4, -0.2) is 15.5 Å². The summed E-state index contributed by atoms with van der Waals surface area (Å²) in [4.78, 5) is 16.1. The van der Waals surface area contributed by atoms with Crippen LogP contribution in [0.15, 0.2) is 35.1 Å². The number of halogens is 2. The molecule has 1 amide bonds. The molecule has 0 aliphatic rings. The molecule has 88 valence electrons. The molecule has 0 saturated carbocycles. The fourth-order valence-electron chi connectivity index (χ4n) is 1.38. The molecule has 0 radical (unpaired) electrons. The van der Waals surface area contributed by atoms with Crippen molar-refractivity contribution < 1.29 is 4.79 Å². The van der Waals surface area contributed by atoms with Gasteiger partial charge in [-0.2, -0.15) is 0 Å². The van der Waals surface area contributed by atoms with Crippen molar-refractivity contribution in [1.29, 1.82) is 0 Å². The average molecular weight is 406 g/mol. The number of hydrogen-bond acceptors (Lipinski definition) is 2. The summed E-state index contributed by atoms with van der Waals surface area (Å²) in [6, 6.07) is 5.43. The highest BCUT2D eigenvalue weighted by molar-refractivity contribution is 14.1. The maximum Gasteiger partial charge on any atom is 0.273 e. The highest BCUT2D eigenvalue weighted by Gasteiger charge is 2.11. The number of anilines is 1. The molecule has 6 heteroatoms. The van der Waals surface area contributed by atoms with Gasteiger partial charge in [0, 0.05) is 27.5 Å². The van der Waals surface area contributed by atoms with Crippen LogP contribution in [-0.2, 0) is 7.05 Å². The molecule has 2 heterocycles. The van der Waals surface area contributed by atoms with Gasteiger partial charge in [-0.05, 0) is 56.7 Å². The van der Waals surface area contributed by atoms with E-state index in [-0.39, 0.29) is 5.91 Å². The minimum atomic E-state index is -0.174. The van der Waals surface area contributed by atoms with Crippen molar-refractivity contribution >= 4 is 50.2 Å². The first-order chi connectivity index (χ1) is 8.06. The van der Waals surface area contributed by atoms with Crippen LogP contribution in [0.5, 0.6) is 0 Å². The number of carbonyl (C=O) groups is 1. The third-order valence-electron chi connectivity index (χ3n) is 2.17. The van der Waals surface area contributed by atoms with Gasteiger partial charge >= 0.3 is 0 Å². The van der Waals surface area contributed by atoms with Gasteiger partial charge < -0.3 is 9.88 Å². The van der Waals surface area contributed by atoms with E-state index in [0.29, 0.717) is 11.5 Å². The van der Waals surface area contributed by atoms with Crippen LogP contribution in [0.3, 0.4) is 0 Å². The van der Waals surface area contributed by atoms with Crippen molar-refractivity contribution in [3.63, 3.8) is 0 Å². The van der Waals surface area contributed by atoms with E-state index in [2.05, 4.69) is 48.8 Å². The summed E-state index contributed by atoms with van der Waals surface area (Å²) in [6.07, 6.45) is 3.54. The molecule has 2 rings (SSSR count). The minimum absolute atomic E-state index is 0.174. The number of nitrogens with one attached hydrogen (secondary N) is 1. The Morgan fingerprint density at radius 1 is 1.53 bits per heavy atom. The van der Waals surface area contributed by atoms with Crippen LogP contribution in [0.1, 0.15) is 10.5 Å². The monoisotopic (exact) mass is 405 g/mol. The van der Waals surface area contributed by atoms with E-state index in [9.17, 15) is 4.79 Å². The number of nitrogens with zero attached hydrogens (tertiary/aromatic N) is 2. The lowest BCUT2D eigenvalue weighted by Gasteiger charge is -2.04. The van der Waals surface area contributed by atoms with E-state index in [4.69, 9.17) is 0 Å². The Morgan fingerprint density at radius 2 is 2.29 bits per heavy atom. The van der Waals surface area contributed by atoms with Gasteiger partial charge in [-0.25, -0.2) is 4.98 Å². The fourth-order valence-corrected chi connectivity index (χ4v) is 2.22. The average Bonchev–Trinajstić information content (AvgIpc) is 2.61. The Bertz CT molecular complexity index is 550. The number of aryl methyl sites for hydroxylation is 1. The number of pyridine rings is 1. The molecule has 0 bridgehead atoms. The molecule has 0 aliphatic heterocycles. The van der Waals surface area contributed by atoms with Gasteiger partial charge in [0.25, 0.3) is 5.91 Å². The highest BCUT2D eigenvalue weighted by atomic mass is 127. The van der Waals surface area contributed by atoms with Crippen LogP contribution >= 0.6 is 38.5 Å². The summed E-state index contributed by atoms with van der Waals surface area (Å²) in [5.41, 5.74) is 0.581. The normalized spacial score (nSPS) is 10.3. The Balaban J connectivity index is 2.17. The van der Waals surface area contributed by atoms with E-state index < -0.39 is 0 Å². The largest absolute Gasteiger partial charge is 0.345 e. The van der Waals surface area contributed by atoms with Crippen molar-refractivity contribution in [2.45, 2.75) is 0 Å². The van der Waals surface area contributed by atoms with Crippen molar-refractivity contribution in [3.05, 3.63) is 44.3 Å². The number of hydrogen-bond donors (Lipinski definition) is 1. The van der Waals surface area contributed by atoms with Gasteiger partial charge in [-0.1, -0.05) is 0 Å². The lowest BCUT2D eigenvalue weighted by molar-refractivity contribution is 0.101. The molecule has 0 aliphatic carbocycles. The molecular formula is C11H9BrIN3O. The molecule has 0 aromatic carbocycles. The first-order valence-electron chi connectivity index (χ1n) is 4.81. The predicted octanol–water partition coefficient (Wildman–Crippen LogP) is 3.04. The molecule has 0 atom stereocenters. The molecule has 2 aromatic rings. The Labute approximate surface area is 121 Å². The van der Waals surface area contributed by atoms with Gasteiger partial charge in [0.05, 0.1) is 0 Å². The second-order valence-electron chi connectivity index (χ2n) is 3.47.